The molecule has 4 nitrogen and oxygen atoms in total. The van der Waals surface area contributed by atoms with E-state index in [4.69, 9.17) is 5.26 Å². The smallest absolute Gasteiger partial charge is 0.387 e. The third-order valence-corrected chi connectivity index (χ3v) is 4.34. The Labute approximate surface area is 171 Å². The maximum Gasteiger partial charge on any atom is 0.387 e. The topological polar surface area (TPSA) is 53.3 Å². The molecule has 7 heteroatoms. The van der Waals surface area contributed by atoms with E-state index in [1.54, 1.807) is 36.4 Å². The van der Waals surface area contributed by atoms with Gasteiger partial charge in [-0.15, -0.1) is 0 Å². The van der Waals surface area contributed by atoms with E-state index in [0.29, 0.717) is 11.1 Å². The predicted molar refractivity (Wildman–Crippen MR) is 104 cm³/mol. The van der Waals surface area contributed by atoms with Crippen LogP contribution in [0.2, 0.25) is 0 Å². The third-order valence-electron chi connectivity index (χ3n) is 4.34. The van der Waals surface area contributed by atoms with Crippen molar-refractivity contribution in [2.45, 2.75) is 19.7 Å². The minimum atomic E-state index is -3.07. The number of hydrogen-bond donors (Lipinski definition) is 0. The van der Waals surface area contributed by atoms with Crippen molar-refractivity contribution in [3.05, 3.63) is 101 Å². The van der Waals surface area contributed by atoms with Gasteiger partial charge >= 0.3 is 6.61 Å². The van der Waals surface area contributed by atoms with E-state index in [1.807, 2.05) is 6.07 Å². The molecule has 3 aromatic carbocycles. The number of rotatable bonds is 7. The summed E-state index contributed by atoms with van der Waals surface area (Å²) >= 11 is 0. The molecule has 0 N–H and O–H groups in total. The van der Waals surface area contributed by atoms with Crippen LogP contribution in [-0.2, 0) is 13.1 Å². The summed E-state index contributed by atoms with van der Waals surface area (Å²) in [4.78, 5) is 14.6. The van der Waals surface area contributed by atoms with Crippen LogP contribution in [0.4, 0.5) is 13.2 Å². The summed E-state index contributed by atoms with van der Waals surface area (Å²) in [6.07, 6.45) is 0. The first-order chi connectivity index (χ1) is 14.5. The lowest BCUT2D eigenvalue weighted by atomic mass is 10.1. The van der Waals surface area contributed by atoms with Crippen LogP contribution in [0.25, 0.3) is 0 Å². The highest BCUT2D eigenvalue weighted by molar-refractivity contribution is 5.96. The quantitative estimate of drug-likeness (QED) is 0.542. The van der Waals surface area contributed by atoms with Gasteiger partial charge in [0.25, 0.3) is 5.91 Å². The van der Waals surface area contributed by atoms with Crippen LogP contribution in [0.1, 0.15) is 27.0 Å². The fraction of sp³-hybridized carbons (Fsp3) is 0.130. The fourth-order valence-corrected chi connectivity index (χ4v) is 2.97. The van der Waals surface area contributed by atoms with Crippen LogP contribution < -0.4 is 4.74 Å². The first kappa shape index (κ1) is 20.9. The van der Waals surface area contributed by atoms with Gasteiger partial charge in [-0.1, -0.05) is 36.4 Å². The lowest BCUT2D eigenvalue weighted by molar-refractivity contribution is -0.0503. The van der Waals surface area contributed by atoms with Crippen LogP contribution >= 0.6 is 0 Å². The Morgan fingerprint density at radius 2 is 1.67 bits per heavy atom. The number of nitriles is 1. The Morgan fingerprint density at radius 1 is 0.967 bits per heavy atom. The first-order valence-corrected chi connectivity index (χ1v) is 9.03. The van der Waals surface area contributed by atoms with Crippen LogP contribution in [0.15, 0.2) is 72.8 Å². The highest BCUT2D eigenvalue weighted by Crippen LogP contribution is 2.24. The highest BCUT2D eigenvalue weighted by atomic mass is 19.3. The molecule has 0 aliphatic heterocycles. The van der Waals surface area contributed by atoms with Gasteiger partial charge in [0.15, 0.2) is 0 Å². The van der Waals surface area contributed by atoms with Gasteiger partial charge in [-0.05, 0) is 47.5 Å². The van der Waals surface area contributed by atoms with Gasteiger partial charge in [-0.2, -0.15) is 14.0 Å². The summed E-state index contributed by atoms with van der Waals surface area (Å²) in [6, 6.07) is 20.2. The number of halogens is 3. The van der Waals surface area contributed by atoms with Crippen molar-refractivity contribution in [2.24, 2.45) is 0 Å². The summed E-state index contributed by atoms with van der Waals surface area (Å²) < 4.78 is 43.6. The lowest BCUT2D eigenvalue weighted by Crippen LogP contribution is -2.30. The molecule has 0 aliphatic carbocycles. The molecule has 0 radical (unpaired) electrons. The number of nitrogens with zero attached hydrogens (tertiary/aromatic N) is 2. The fourth-order valence-electron chi connectivity index (χ4n) is 2.97. The number of carbonyl (C=O) groups excluding carboxylic acids is 1. The average molecular weight is 410 g/mol. The number of hydrogen-bond acceptors (Lipinski definition) is 3. The molecule has 3 aromatic rings. The molecule has 3 rings (SSSR count). The molecule has 1 amide bonds. The van der Waals surface area contributed by atoms with Crippen molar-refractivity contribution >= 4 is 5.91 Å². The van der Waals surface area contributed by atoms with E-state index < -0.39 is 18.3 Å². The second kappa shape index (κ2) is 9.61. The molecule has 0 heterocycles. The standard InChI is InChI=1S/C23H17F3N2O2/c24-19-5-3-4-18(12-19)15-28(14-17-10-8-16(13-27)9-11-17)22(29)20-6-1-2-7-21(20)30-23(25)26/h1-12,23H,14-15H2. The van der Waals surface area contributed by atoms with Crippen molar-refractivity contribution in [1.29, 1.82) is 5.26 Å². The minimum Gasteiger partial charge on any atom is -0.434 e. The van der Waals surface area contributed by atoms with Crippen molar-refractivity contribution in [3.63, 3.8) is 0 Å². The normalized spacial score (nSPS) is 10.5. The van der Waals surface area contributed by atoms with Gasteiger partial charge in [0.05, 0.1) is 17.2 Å². The molecule has 0 aliphatic rings. The zero-order valence-electron chi connectivity index (χ0n) is 15.8. The van der Waals surface area contributed by atoms with E-state index in [1.165, 1.54) is 41.3 Å². The monoisotopic (exact) mass is 410 g/mol. The minimum absolute atomic E-state index is 0.0251. The van der Waals surface area contributed by atoms with E-state index in [-0.39, 0.29) is 24.4 Å². The lowest BCUT2D eigenvalue weighted by Gasteiger charge is -2.24. The third kappa shape index (κ3) is 5.39. The number of alkyl halides is 2. The number of para-hydroxylation sites is 1. The second-order valence-electron chi connectivity index (χ2n) is 6.47. The first-order valence-electron chi connectivity index (χ1n) is 9.03. The number of amides is 1. The van der Waals surface area contributed by atoms with E-state index >= 15 is 0 Å². The molecule has 0 bridgehead atoms. The Morgan fingerprint density at radius 3 is 2.33 bits per heavy atom. The van der Waals surface area contributed by atoms with Crippen LogP contribution in [0.5, 0.6) is 5.75 Å². The molecule has 0 saturated carbocycles. The molecular weight excluding hydrogens is 393 g/mol. The summed E-state index contributed by atoms with van der Waals surface area (Å²) in [7, 11) is 0. The SMILES string of the molecule is N#Cc1ccc(CN(Cc2cccc(F)c2)C(=O)c2ccccc2OC(F)F)cc1. The van der Waals surface area contributed by atoms with Gasteiger partial charge in [0.1, 0.15) is 11.6 Å². The Hall–Kier alpha value is -3.79. The second-order valence-corrected chi connectivity index (χ2v) is 6.47. The van der Waals surface area contributed by atoms with Gasteiger partial charge < -0.3 is 9.64 Å². The number of ether oxygens (including phenoxy) is 1. The van der Waals surface area contributed by atoms with Crippen molar-refractivity contribution < 1.29 is 22.7 Å². The summed E-state index contributed by atoms with van der Waals surface area (Å²) in [6.45, 7) is -2.89. The molecule has 0 saturated heterocycles. The molecular formula is C23H17F3N2O2. The molecule has 0 atom stereocenters. The van der Waals surface area contributed by atoms with Gasteiger partial charge in [-0.25, -0.2) is 4.39 Å². The van der Waals surface area contributed by atoms with Gasteiger partial charge in [-0.3, -0.25) is 4.79 Å². The molecule has 0 unspecified atom stereocenters. The van der Waals surface area contributed by atoms with Crippen molar-refractivity contribution in [3.8, 4) is 11.8 Å². The number of benzene rings is 3. The zero-order valence-corrected chi connectivity index (χ0v) is 15.8. The molecule has 0 fully saturated rings. The van der Waals surface area contributed by atoms with Gasteiger partial charge in [0, 0.05) is 13.1 Å². The molecule has 152 valence electrons. The highest BCUT2D eigenvalue weighted by Gasteiger charge is 2.22. The van der Waals surface area contributed by atoms with Crippen molar-refractivity contribution in [1.82, 2.24) is 4.90 Å². The van der Waals surface area contributed by atoms with E-state index in [2.05, 4.69) is 4.74 Å². The van der Waals surface area contributed by atoms with E-state index in [9.17, 15) is 18.0 Å². The molecule has 0 aromatic heterocycles. The largest absolute Gasteiger partial charge is 0.434 e. The Bertz CT molecular complexity index is 1060. The summed E-state index contributed by atoms with van der Waals surface area (Å²) in [5.41, 5.74) is 1.72. The van der Waals surface area contributed by atoms with Crippen LogP contribution in [0.3, 0.4) is 0 Å². The maximum atomic E-state index is 13.6. The van der Waals surface area contributed by atoms with Gasteiger partial charge in [0.2, 0.25) is 0 Å². The molecule has 0 spiro atoms. The number of carbonyl (C=O) groups is 1. The van der Waals surface area contributed by atoms with Crippen LogP contribution in [-0.4, -0.2) is 17.4 Å². The van der Waals surface area contributed by atoms with E-state index in [0.717, 1.165) is 5.56 Å². The van der Waals surface area contributed by atoms with Crippen molar-refractivity contribution in [2.75, 3.05) is 0 Å². The molecule has 30 heavy (non-hydrogen) atoms. The van der Waals surface area contributed by atoms with Crippen LogP contribution in [0, 0.1) is 17.1 Å². The Balaban J connectivity index is 1.93. The summed E-state index contributed by atoms with van der Waals surface area (Å²) in [5.74, 6) is -1.22. The zero-order chi connectivity index (χ0) is 21.5. The average Bonchev–Trinajstić information content (AvgIpc) is 2.73. The summed E-state index contributed by atoms with van der Waals surface area (Å²) in [5, 5.41) is 8.95. The Kier molecular flexibility index (Phi) is 6.71. The predicted octanol–water partition coefficient (Wildman–Crippen LogP) is 5.14. The maximum absolute atomic E-state index is 13.6.